The maximum atomic E-state index is 12.7. The van der Waals surface area contributed by atoms with Gasteiger partial charge in [0.1, 0.15) is 11.6 Å². The molecule has 0 radical (unpaired) electrons. The second-order valence-corrected chi connectivity index (χ2v) is 11.5. The van der Waals surface area contributed by atoms with Crippen LogP contribution in [0.15, 0.2) is 23.4 Å². The molecule has 10 heteroatoms. The molecule has 3 aliphatic heterocycles. The van der Waals surface area contributed by atoms with E-state index < -0.39 is 10.8 Å². The first kappa shape index (κ1) is 20.6. The van der Waals surface area contributed by atoms with E-state index in [1.165, 1.54) is 0 Å². The first-order chi connectivity index (χ1) is 15.5. The van der Waals surface area contributed by atoms with Gasteiger partial charge in [-0.05, 0) is 37.3 Å². The number of rotatable bonds is 5. The lowest BCUT2D eigenvalue weighted by molar-refractivity contribution is 0.143. The highest BCUT2D eigenvalue weighted by molar-refractivity contribution is 7.85. The van der Waals surface area contributed by atoms with Gasteiger partial charge in [-0.1, -0.05) is 11.6 Å². The molecule has 2 N–H and O–H groups in total. The van der Waals surface area contributed by atoms with Crippen LogP contribution >= 0.6 is 11.6 Å². The summed E-state index contributed by atoms with van der Waals surface area (Å²) in [6, 6.07) is 2.14. The van der Waals surface area contributed by atoms with Crippen LogP contribution in [0, 0.1) is 11.8 Å². The minimum absolute atomic E-state index is 0.0801. The Morgan fingerprint density at radius 2 is 1.84 bits per heavy atom. The predicted molar refractivity (Wildman–Crippen MR) is 125 cm³/mol. The van der Waals surface area contributed by atoms with Crippen LogP contribution in [-0.2, 0) is 17.2 Å². The van der Waals surface area contributed by atoms with Crippen molar-refractivity contribution in [3.63, 3.8) is 0 Å². The van der Waals surface area contributed by atoms with Gasteiger partial charge in [-0.2, -0.15) is 0 Å². The van der Waals surface area contributed by atoms with Crippen molar-refractivity contribution in [2.24, 2.45) is 11.8 Å². The Bertz CT molecular complexity index is 1040. The summed E-state index contributed by atoms with van der Waals surface area (Å²) in [5, 5.41) is 14.0. The minimum atomic E-state index is -1.02. The lowest BCUT2D eigenvalue weighted by Gasteiger charge is -2.41. The van der Waals surface area contributed by atoms with Crippen molar-refractivity contribution in [2.75, 3.05) is 53.7 Å². The summed E-state index contributed by atoms with van der Waals surface area (Å²) in [4.78, 5) is 19.2. The van der Waals surface area contributed by atoms with E-state index in [0.717, 1.165) is 79.9 Å². The third kappa shape index (κ3) is 3.45. The van der Waals surface area contributed by atoms with Crippen molar-refractivity contribution in [3.05, 3.63) is 29.0 Å². The Balaban J connectivity index is 1.22. The van der Waals surface area contributed by atoms with Gasteiger partial charge in [0.05, 0.1) is 45.3 Å². The molecule has 3 unspecified atom stereocenters. The molecule has 6 rings (SSSR count). The summed E-state index contributed by atoms with van der Waals surface area (Å²) < 4.78 is 12.7. The van der Waals surface area contributed by atoms with E-state index in [2.05, 4.69) is 31.2 Å². The number of hydrogen-bond donors (Lipinski definition) is 2. The third-order valence-corrected chi connectivity index (χ3v) is 9.20. The number of hydrogen-bond acceptors (Lipinski definition) is 8. The van der Waals surface area contributed by atoms with Crippen LogP contribution in [-0.4, -0.2) is 68.3 Å². The second-order valence-electron chi connectivity index (χ2n) is 9.57. The largest absolute Gasteiger partial charge is 0.394 e. The van der Waals surface area contributed by atoms with Crippen molar-refractivity contribution in [3.8, 4) is 0 Å². The Kier molecular flexibility index (Phi) is 5.04. The first-order valence-electron chi connectivity index (χ1n) is 11.3. The second kappa shape index (κ2) is 7.81. The summed E-state index contributed by atoms with van der Waals surface area (Å²) in [6.45, 7) is 3.81. The van der Waals surface area contributed by atoms with Gasteiger partial charge in [0, 0.05) is 43.8 Å². The highest BCUT2D eigenvalue weighted by Crippen LogP contribution is 2.41. The highest BCUT2D eigenvalue weighted by Gasteiger charge is 2.42. The smallest absolute Gasteiger partial charge is 0.225 e. The molecule has 1 saturated carbocycles. The molecule has 2 aromatic rings. The molecule has 2 saturated heterocycles. The fourth-order valence-corrected chi connectivity index (χ4v) is 7.02. The van der Waals surface area contributed by atoms with Crippen LogP contribution in [0.2, 0.25) is 5.02 Å². The van der Waals surface area contributed by atoms with E-state index in [9.17, 15) is 9.32 Å². The molecular weight excluding hydrogens is 448 g/mol. The molecule has 1 aliphatic carbocycles. The van der Waals surface area contributed by atoms with E-state index in [4.69, 9.17) is 16.6 Å². The normalized spacial score (nSPS) is 27.9. The number of nitrogens with zero attached hydrogens (tertiary/aromatic N) is 5. The van der Waals surface area contributed by atoms with Crippen LogP contribution in [0.3, 0.4) is 0 Å². The number of aromatic nitrogens is 3. The maximum Gasteiger partial charge on any atom is 0.225 e. The summed E-state index contributed by atoms with van der Waals surface area (Å²) in [5.41, 5.74) is 0.823. The molecule has 3 fully saturated rings. The summed E-state index contributed by atoms with van der Waals surface area (Å²) in [6.07, 6.45) is 7.07. The van der Waals surface area contributed by atoms with Gasteiger partial charge in [-0.25, -0.2) is 15.0 Å². The third-order valence-electron chi connectivity index (χ3n) is 7.52. The summed E-state index contributed by atoms with van der Waals surface area (Å²) >= 11 is 5.93. The summed E-state index contributed by atoms with van der Waals surface area (Å²) in [5.74, 6) is 4.14. The average molecular weight is 475 g/mol. The SMILES string of the molecule is O=S1CCc2cc(N3CC4CN(c5ncc(Cl)cn5)CC4C3)nc(NC3(CO)CCC3)c21. The molecule has 3 atom stereocenters. The molecule has 5 heterocycles. The van der Waals surface area contributed by atoms with Gasteiger partial charge in [0.25, 0.3) is 0 Å². The lowest BCUT2D eigenvalue weighted by atomic mass is 9.77. The van der Waals surface area contributed by atoms with E-state index in [0.29, 0.717) is 22.6 Å². The molecule has 170 valence electrons. The van der Waals surface area contributed by atoms with Crippen molar-refractivity contribution in [1.29, 1.82) is 0 Å². The quantitative estimate of drug-likeness (QED) is 0.680. The topological polar surface area (TPSA) is 94.5 Å². The molecule has 0 spiro atoms. The molecule has 32 heavy (non-hydrogen) atoms. The summed E-state index contributed by atoms with van der Waals surface area (Å²) in [7, 11) is -1.02. The molecule has 0 amide bonds. The average Bonchev–Trinajstić information content (AvgIpc) is 3.44. The van der Waals surface area contributed by atoms with Gasteiger partial charge in [0.15, 0.2) is 0 Å². The fraction of sp³-hybridized carbons (Fsp3) is 0.591. The van der Waals surface area contributed by atoms with Gasteiger partial charge in [-0.3, -0.25) is 4.21 Å². The zero-order valence-corrected chi connectivity index (χ0v) is 19.4. The standard InChI is InChI=1S/C22H27ClN6O2S/c23-17-7-24-21(25-8-17)29-11-15-9-28(10-16(15)12-29)18-6-14-2-5-32(31)19(14)20(26-18)27-22(13-30)3-1-4-22/h6-8,15-16,30H,1-5,9-13H2,(H,26,27). The maximum absolute atomic E-state index is 12.7. The zero-order chi connectivity index (χ0) is 21.9. The molecular formula is C22H27ClN6O2S. The van der Waals surface area contributed by atoms with Gasteiger partial charge < -0.3 is 20.2 Å². The Labute approximate surface area is 194 Å². The lowest BCUT2D eigenvalue weighted by Crippen LogP contribution is -2.48. The number of nitrogens with one attached hydrogen (secondary N) is 1. The van der Waals surface area contributed by atoms with E-state index in [1.54, 1.807) is 12.4 Å². The van der Waals surface area contributed by atoms with Crippen molar-refractivity contribution >= 4 is 40.0 Å². The van der Waals surface area contributed by atoms with E-state index in [-0.39, 0.29) is 12.1 Å². The van der Waals surface area contributed by atoms with Crippen LogP contribution in [0.5, 0.6) is 0 Å². The minimum Gasteiger partial charge on any atom is -0.394 e. The molecule has 0 aromatic carbocycles. The van der Waals surface area contributed by atoms with Crippen LogP contribution in [0.25, 0.3) is 0 Å². The number of anilines is 3. The van der Waals surface area contributed by atoms with Crippen molar-refractivity contribution < 1.29 is 9.32 Å². The Hall–Kier alpha value is -1.97. The van der Waals surface area contributed by atoms with E-state index >= 15 is 0 Å². The number of aliphatic hydroxyl groups is 1. The fourth-order valence-electron chi connectivity index (χ4n) is 5.55. The number of fused-ring (bicyclic) bond motifs is 2. The van der Waals surface area contributed by atoms with Gasteiger partial charge in [-0.15, -0.1) is 0 Å². The van der Waals surface area contributed by atoms with Crippen LogP contribution in [0.4, 0.5) is 17.6 Å². The Morgan fingerprint density at radius 1 is 1.16 bits per heavy atom. The monoisotopic (exact) mass is 474 g/mol. The number of pyridine rings is 1. The van der Waals surface area contributed by atoms with Crippen molar-refractivity contribution in [1.82, 2.24) is 15.0 Å². The van der Waals surface area contributed by atoms with Crippen molar-refractivity contribution in [2.45, 2.75) is 36.1 Å². The number of aryl methyl sites for hydroxylation is 1. The van der Waals surface area contributed by atoms with Crippen LogP contribution < -0.4 is 15.1 Å². The number of aliphatic hydroxyl groups excluding tert-OH is 1. The molecule has 8 nitrogen and oxygen atoms in total. The first-order valence-corrected chi connectivity index (χ1v) is 13.0. The molecule has 4 aliphatic rings. The molecule has 2 aromatic heterocycles. The predicted octanol–water partition coefficient (Wildman–Crippen LogP) is 2.09. The highest BCUT2D eigenvalue weighted by atomic mass is 35.5. The molecule has 0 bridgehead atoms. The zero-order valence-electron chi connectivity index (χ0n) is 17.8. The Morgan fingerprint density at radius 3 is 2.47 bits per heavy atom. The van der Waals surface area contributed by atoms with Crippen LogP contribution in [0.1, 0.15) is 24.8 Å². The number of halogens is 1. The van der Waals surface area contributed by atoms with Gasteiger partial charge in [0.2, 0.25) is 5.95 Å². The van der Waals surface area contributed by atoms with Gasteiger partial charge >= 0.3 is 0 Å². The van der Waals surface area contributed by atoms with E-state index in [1.807, 2.05) is 0 Å².